The average Bonchev–Trinajstić information content (AvgIpc) is 2.54. The van der Waals surface area contributed by atoms with E-state index in [1.54, 1.807) is 7.11 Å². The molecule has 0 spiro atoms. The molecule has 0 aliphatic carbocycles. The van der Waals surface area contributed by atoms with E-state index in [0.717, 1.165) is 16.7 Å². The number of hydrogen-bond acceptors (Lipinski definition) is 2. The topological polar surface area (TPSA) is 38.3 Å². The van der Waals surface area contributed by atoms with Gasteiger partial charge in [-0.25, -0.2) is 0 Å². The highest BCUT2D eigenvalue weighted by molar-refractivity contribution is 6.30. The Morgan fingerprint density at radius 1 is 1.17 bits per heavy atom. The van der Waals surface area contributed by atoms with Gasteiger partial charge in [-0.05, 0) is 46.9 Å². The molecule has 3 nitrogen and oxygen atoms in total. The molecule has 2 rings (SSSR count). The lowest BCUT2D eigenvalue weighted by Crippen LogP contribution is -2.27. The molecule has 4 heteroatoms. The van der Waals surface area contributed by atoms with Crippen molar-refractivity contribution in [3.8, 4) is 11.1 Å². The molecule has 0 unspecified atom stereocenters. The zero-order valence-electron chi connectivity index (χ0n) is 13.7. The van der Waals surface area contributed by atoms with Gasteiger partial charge in [-0.3, -0.25) is 4.79 Å². The van der Waals surface area contributed by atoms with Crippen molar-refractivity contribution in [1.82, 2.24) is 5.32 Å². The number of ether oxygens (including phenoxy) is 1. The van der Waals surface area contributed by atoms with Gasteiger partial charge in [0.1, 0.15) is 0 Å². The van der Waals surface area contributed by atoms with Gasteiger partial charge in [0.05, 0.1) is 6.61 Å². The molecule has 0 atom stereocenters. The molecule has 2 aromatic carbocycles. The van der Waals surface area contributed by atoms with Crippen LogP contribution in [-0.4, -0.2) is 19.6 Å². The number of nitrogens with one attached hydrogen (secondary N) is 1. The Morgan fingerprint density at radius 2 is 1.87 bits per heavy atom. The zero-order valence-corrected chi connectivity index (χ0v) is 14.5. The molecule has 122 valence electrons. The molecule has 0 radical (unpaired) electrons. The van der Waals surface area contributed by atoms with Crippen molar-refractivity contribution in [3.63, 3.8) is 0 Å². The molecule has 1 N–H and O–H groups in total. The molecule has 0 fully saturated rings. The van der Waals surface area contributed by atoms with E-state index in [1.807, 2.05) is 42.5 Å². The van der Waals surface area contributed by atoms with Gasteiger partial charge in [-0.15, -0.1) is 0 Å². The number of rotatable bonds is 6. The maximum Gasteiger partial charge on any atom is 0.251 e. The second-order valence-electron chi connectivity index (χ2n) is 5.92. The highest BCUT2D eigenvalue weighted by Gasteiger charge is 2.11. The maximum atomic E-state index is 12.2. The van der Waals surface area contributed by atoms with Crippen LogP contribution in [0.1, 0.15) is 29.8 Å². The monoisotopic (exact) mass is 331 g/mol. The smallest absolute Gasteiger partial charge is 0.251 e. The van der Waals surface area contributed by atoms with Crippen LogP contribution in [0.5, 0.6) is 0 Å². The molecule has 0 aliphatic rings. The summed E-state index contributed by atoms with van der Waals surface area (Å²) >= 11 is 5.95. The van der Waals surface area contributed by atoms with E-state index in [1.165, 1.54) is 0 Å². The van der Waals surface area contributed by atoms with Crippen LogP contribution in [0.4, 0.5) is 0 Å². The number of amides is 1. The number of hydrogen-bond donors (Lipinski definition) is 1. The summed E-state index contributed by atoms with van der Waals surface area (Å²) in [6.07, 6.45) is 0. The Kier molecular flexibility index (Phi) is 6.20. The first-order chi connectivity index (χ1) is 11.0. The molecular formula is C19H22ClNO2. The second kappa shape index (κ2) is 8.14. The number of carbonyl (C=O) groups excluding carboxylic acids is 1. The standard InChI is InChI=1S/C19H22ClNO2/c1-13(2)11-21-19(22)15-6-9-18(16(10-15)12-23-3)14-4-7-17(20)8-5-14/h4-10,13H,11-12H2,1-3H3,(H,21,22). The van der Waals surface area contributed by atoms with Crippen molar-refractivity contribution in [1.29, 1.82) is 0 Å². The minimum Gasteiger partial charge on any atom is -0.380 e. The Labute approximate surface area is 142 Å². The second-order valence-corrected chi connectivity index (χ2v) is 6.35. The fourth-order valence-electron chi connectivity index (χ4n) is 2.32. The SMILES string of the molecule is COCc1cc(C(=O)NCC(C)C)ccc1-c1ccc(Cl)cc1. The van der Waals surface area contributed by atoms with Gasteiger partial charge in [0, 0.05) is 24.2 Å². The van der Waals surface area contributed by atoms with E-state index >= 15 is 0 Å². The first-order valence-electron chi connectivity index (χ1n) is 7.67. The lowest BCUT2D eigenvalue weighted by molar-refractivity contribution is 0.0948. The third-order valence-electron chi connectivity index (χ3n) is 3.49. The van der Waals surface area contributed by atoms with Gasteiger partial charge >= 0.3 is 0 Å². The van der Waals surface area contributed by atoms with E-state index in [-0.39, 0.29) is 5.91 Å². The van der Waals surface area contributed by atoms with Crippen molar-refractivity contribution >= 4 is 17.5 Å². The number of halogens is 1. The molecule has 0 saturated carbocycles. The summed E-state index contributed by atoms with van der Waals surface area (Å²) in [4.78, 5) is 12.2. The van der Waals surface area contributed by atoms with E-state index in [4.69, 9.17) is 16.3 Å². The van der Waals surface area contributed by atoms with Crippen molar-refractivity contribution in [2.45, 2.75) is 20.5 Å². The van der Waals surface area contributed by atoms with Crippen LogP contribution in [0.25, 0.3) is 11.1 Å². The largest absolute Gasteiger partial charge is 0.380 e. The number of benzene rings is 2. The fraction of sp³-hybridized carbons (Fsp3) is 0.316. The van der Waals surface area contributed by atoms with Crippen LogP contribution in [0.15, 0.2) is 42.5 Å². The Hall–Kier alpha value is -1.84. The highest BCUT2D eigenvalue weighted by atomic mass is 35.5. The normalized spacial score (nSPS) is 10.8. The average molecular weight is 332 g/mol. The Morgan fingerprint density at radius 3 is 2.48 bits per heavy atom. The van der Waals surface area contributed by atoms with Crippen molar-refractivity contribution in [3.05, 3.63) is 58.6 Å². The van der Waals surface area contributed by atoms with Gasteiger partial charge in [0.2, 0.25) is 0 Å². The van der Waals surface area contributed by atoms with E-state index in [0.29, 0.717) is 29.7 Å². The Bertz CT molecular complexity index is 666. The van der Waals surface area contributed by atoms with Gasteiger partial charge < -0.3 is 10.1 Å². The molecule has 2 aromatic rings. The minimum atomic E-state index is -0.0568. The van der Waals surface area contributed by atoms with Gasteiger partial charge in [0.15, 0.2) is 0 Å². The van der Waals surface area contributed by atoms with Crippen molar-refractivity contribution in [2.75, 3.05) is 13.7 Å². The van der Waals surface area contributed by atoms with E-state index < -0.39 is 0 Å². The lowest BCUT2D eigenvalue weighted by atomic mass is 9.97. The first-order valence-corrected chi connectivity index (χ1v) is 8.05. The first kappa shape index (κ1) is 17.5. The molecule has 0 saturated heterocycles. The summed E-state index contributed by atoms with van der Waals surface area (Å²) in [5.74, 6) is 0.365. The summed E-state index contributed by atoms with van der Waals surface area (Å²) in [6, 6.07) is 13.3. The van der Waals surface area contributed by atoms with Gasteiger partial charge in [0.25, 0.3) is 5.91 Å². The molecule has 0 bridgehead atoms. The molecule has 0 heterocycles. The summed E-state index contributed by atoms with van der Waals surface area (Å²) in [7, 11) is 1.65. The maximum absolute atomic E-state index is 12.2. The predicted molar refractivity (Wildman–Crippen MR) is 94.8 cm³/mol. The van der Waals surface area contributed by atoms with Crippen molar-refractivity contribution < 1.29 is 9.53 Å². The lowest BCUT2D eigenvalue weighted by Gasteiger charge is -2.13. The fourth-order valence-corrected chi connectivity index (χ4v) is 2.45. The number of carbonyl (C=O) groups is 1. The number of methoxy groups -OCH3 is 1. The van der Waals surface area contributed by atoms with Crippen LogP contribution in [0.3, 0.4) is 0 Å². The van der Waals surface area contributed by atoms with Crippen LogP contribution in [-0.2, 0) is 11.3 Å². The summed E-state index contributed by atoms with van der Waals surface area (Å²) in [5, 5.41) is 3.64. The molecular weight excluding hydrogens is 310 g/mol. The van der Waals surface area contributed by atoms with Gasteiger partial charge in [-0.2, -0.15) is 0 Å². The summed E-state index contributed by atoms with van der Waals surface area (Å²) in [5.41, 5.74) is 3.72. The quantitative estimate of drug-likeness (QED) is 0.844. The van der Waals surface area contributed by atoms with Gasteiger partial charge in [-0.1, -0.05) is 43.6 Å². The third-order valence-corrected chi connectivity index (χ3v) is 3.75. The summed E-state index contributed by atoms with van der Waals surface area (Å²) in [6.45, 7) is 5.25. The van der Waals surface area contributed by atoms with E-state index in [2.05, 4.69) is 19.2 Å². The van der Waals surface area contributed by atoms with Crippen LogP contribution >= 0.6 is 11.6 Å². The predicted octanol–water partition coefficient (Wildman–Crippen LogP) is 4.54. The molecule has 1 amide bonds. The van der Waals surface area contributed by atoms with E-state index in [9.17, 15) is 4.79 Å². The highest BCUT2D eigenvalue weighted by Crippen LogP contribution is 2.27. The van der Waals surface area contributed by atoms with Crippen LogP contribution in [0.2, 0.25) is 5.02 Å². The summed E-state index contributed by atoms with van der Waals surface area (Å²) < 4.78 is 5.29. The van der Waals surface area contributed by atoms with Crippen LogP contribution in [0, 0.1) is 5.92 Å². The van der Waals surface area contributed by atoms with Crippen molar-refractivity contribution in [2.24, 2.45) is 5.92 Å². The molecule has 23 heavy (non-hydrogen) atoms. The minimum absolute atomic E-state index is 0.0568. The van der Waals surface area contributed by atoms with Crippen LogP contribution < -0.4 is 5.32 Å². The Balaban J connectivity index is 2.30. The zero-order chi connectivity index (χ0) is 16.8. The molecule has 0 aromatic heterocycles. The third kappa shape index (κ3) is 4.81. The molecule has 0 aliphatic heterocycles.